The fourth-order valence-electron chi connectivity index (χ4n) is 1.78. The summed E-state index contributed by atoms with van der Waals surface area (Å²) in [7, 11) is 1.78. The van der Waals surface area contributed by atoms with Gasteiger partial charge in [0.25, 0.3) is 0 Å². The zero-order valence-corrected chi connectivity index (χ0v) is 13.7. The molecule has 0 heterocycles. The van der Waals surface area contributed by atoms with Gasteiger partial charge in [-0.25, -0.2) is 0 Å². The fraction of sp³-hybridized carbons (Fsp3) is 0.533. The Morgan fingerprint density at radius 1 is 1.24 bits per heavy atom. The quantitative estimate of drug-likeness (QED) is 0.705. The van der Waals surface area contributed by atoms with E-state index in [1.54, 1.807) is 30.1 Å². The standard InChI is InChI=1S/C15H21Cl2NO3/c1-18(8-3-2-4-9-19)15(20)7-10-21-12-5-6-13(16)14(17)11-12/h5-6,11,19H,2-4,7-10H2,1H3. The largest absolute Gasteiger partial charge is 0.493 e. The Kier molecular flexibility index (Phi) is 8.50. The highest BCUT2D eigenvalue weighted by atomic mass is 35.5. The molecular weight excluding hydrogens is 313 g/mol. The maximum atomic E-state index is 11.9. The maximum Gasteiger partial charge on any atom is 0.225 e. The summed E-state index contributed by atoms with van der Waals surface area (Å²) in [5.74, 6) is 0.641. The average molecular weight is 334 g/mol. The zero-order valence-electron chi connectivity index (χ0n) is 12.1. The van der Waals surface area contributed by atoms with Gasteiger partial charge in [-0.05, 0) is 31.4 Å². The van der Waals surface area contributed by atoms with Gasteiger partial charge in [0.1, 0.15) is 5.75 Å². The Morgan fingerprint density at radius 3 is 2.67 bits per heavy atom. The van der Waals surface area contributed by atoms with Gasteiger partial charge in [-0.2, -0.15) is 0 Å². The van der Waals surface area contributed by atoms with E-state index in [-0.39, 0.29) is 12.5 Å². The molecule has 1 amide bonds. The van der Waals surface area contributed by atoms with Crippen molar-refractivity contribution in [3.63, 3.8) is 0 Å². The predicted molar refractivity (Wildman–Crippen MR) is 85.1 cm³/mol. The van der Waals surface area contributed by atoms with Crippen LogP contribution in [0.3, 0.4) is 0 Å². The third-order valence-electron chi connectivity index (χ3n) is 3.05. The van der Waals surface area contributed by atoms with Crippen LogP contribution < -0.4 is 4.74 Å². The molecule has 0 fully saturated rings. The minimum atomic E-state index is 0.0408. The van der Waals surface area contributed by atoms with Gasteiger partial charge in [-0.3, -0.25) is 4.79 Å². The van der Waals surface area contributed by atoms with Crippen LogP contribution in [0.5, 0.6) is 5.75 Å². The summed E-state index contributed by atoms with van der Waals surface area (Å²) < 4.78 is 5.48. The van der Waals surface area contributed by atoms with Gasteiger partial charge in [-0.15, -0.1) is 0 Å². The van der Waals surface area contributed by atoms with Crippen molar-refractivity contribution >= 4 is 29.1 Å². The van der Waals surface area contributed by atoms with E-state index < -0.39 is 0 Å². The van der Waals surface area contributed by atoms with E-state index in [2.05, 4.69) is 0 Å². The second-order valence-corrected chi connectivity index (χ2v) is 5.59. The molecule has 0 saturated heterocycles. The lowest BCUT2D eigenvalue weighted by Gasteiger charge is -2.17. The first kappa shape index (κ1) is 18.1. The number of unbranched alkanes of at least 4 members (excludes halogenated alkanes) is 2. The van der Waals surface area contributed by atoms with E-state index in [1.807, 2.05) is 0 Å². The second kappa shape index (κ2) is 9.87. The minimum absolute atomic E-state index is 0.0408. The Balaban J connectivity index is 2.24. The first-order valence-corrected chi connectivity index (χ1v) is 7.73. The molecule has 0 bridgehead atoms. The Bertz CT molecular complexity index is 455. The summed E-state index contributed by atoms with van der Waals surface area (Å²) in [4.78, 5) is 13.6. The summed E-state index contributed by atoms with van der Waals surface area (Å²) in [5, 5.41) is 9.59. The van der Waals surface area contributed by atoms with E-state index in [4.69, 9.17) is 33.0 Å². The number of amides is 1. The highest BCUT2D eigenvalue weighted by Crippen LogP contribution is 2.26. The van der Waals surface area contributed by atoms with E-state index in [1.165, 1.54) is 0 Å². The van der Waals surface area contributed by atoms with Crippen molar-refractivity contribution in [1.82, 2.24) is 4.90 Å². The molecule has 0 spiro atoms. The number of hydrogen-bond acceptors (Lipinski definition) is 3. The Morgan fingerprint density at radius 2 is 2.00 bits per heavy atom. The average Bonchev–Trinajstić information content (AvgIpc) is 2.47. The normalized spacial score (nSPS) is 10.5. The number of hydrogen-bond donors (Lipinski definition) is 1. The molecule has 6 heteroatoms. The molecule has 0 aliphatic carbocycles. The summed E-state index contributed by atoms with van der Waals surface area (Å²) in [6, 6.07) is 5.01. The predicted octanol–water partition coefficient (Wildman–Crippen LogP) is 3.38. The first-order valence-electron chi connectivity index (χ1n) is 6.97. The molecule has 21 heavy (non-hydrogen) atoms. The molecule has 0 aromatic heterocycles. The number of benzene rings is 1. The van der Waals surface area contributed by atoms with Gasteiger partial charge in [0.05, 0.1) is 23.1 Å². The van der Waals surface area contributed by atoms with Crippen molar-refractivity contribution in [2.75, 3.05) is 26.8 Å². The van der Waals surface area contributed by atoms with Crippen LogP contribution in [0.2, 0.25) is 10.0 Å². The third kappa shape index (κ3) is 7.02. The van der Waals surface area contributed by atoms with E-state index in [0.717, 1.165) is 19.3 Å². The van der Waals surface area contributed by atoms with Crippen LogP contribution in [0.4, 0.5) is 0 Å². The van der Waals surface area contributed by atoms with Gasteiger partial charge in [-0.1, -0.05) is 23.2 Å². The smallest absolute Gasteiger partial charge is 0.225 e. The Labute approximate surface area is 135 Å². The third-order valence-corrected chi connectivity index (χ3v) is 3.79. The number of rotatable bonds is 9. The number of aliphatic hydroxyl groups is 1. The van der Waals surface area contributed by atoms with Crippen molar-refractivity contribution in [2.24, 2.45) is 0 Å². The molecule has 0 atom stereocenters. The minimum Gasteiger partial charge on any atom is -0.493 e. The number of carbonyl (C=O) groups excluding carboxylic acids is 1. The molecule has 0 radical (unpaired) electrons. The molecule has 1 rings (SSSR count). The lowest BCUT2D eigenvalue weighted by molar-refractivity contribution is -0.130. The van der Waals surface area contributed by atoms with Crippen LogP contribution in [0.15, 0.2) is 18.2 Å². The summed E-state index contributed by atoms with van der Waals surface area (Å²) in [6.45, 7) is 1.21. The number of carbonyl (C=O) groups is 1. The summed E-state index contributed by atoms with van der Waals surface area (Å²) in [5.41, 5.74) is 0. The van der Waals surface area contributed by atoms with Crippen molar-refractivity contribution in [3.05, 3.63) is 28.2 Å². The molecule has 0 saturated carbocycles. The van der Waals surface area contributed by atoms with E-state index >= 15 is 0 Å². The molecule has 4 nitrogen and oxygen atoms in total. The van der Waals surface area contributed by atoms with Gasteiger partial charge in [0.15, 0.2) is 0 Å². The van der Waals surface area contributed by atoms with Crippen LogP contribution in [0.25, 0.3) is 0 Å². The first-order chi connectivity index (χ1) is 10.0. The summed E-state index contributed by atoms with van der Waals surface area (Å²) in [6.07, 6.45) is 2.92. The van der Waals surface area contributed by atoms with Gasteiger partial charge in [0.2, 0.25) is 5.91 Å². The monoisotopic (exact) mass is 333 g/mol. The van der Waals surface area contributed by atoms with E-state index in [9.17, 15) is 4.79 Å². The SMILES string of the molecule is CN(CCCCCO)C(=O)CCOc1ccc(Cl)c(Cl)c1. The maximum absolute atomic E-state index is 11.9. The van der Waals surface area contributed by atoms with E-state index in [0.29, 0.717) is 35.4 Å². The van der Waals surface area contributed by atoms with Crippen LogP contribution in [0.1, 0.15) is 25.7 Å². The van der Waals surface area contributed by atoms with Gasteiger partial charge < -0.3 is 14.7 Å². The lowest BCUT2D eigenvalue weighted by atomic mass is 10.2. The molecule has 0 aliphatic heterocycles. The highest BCUT2D eigenvalue weighted by Gasteiger charge is 2.08. The van der Waals surface area contributed by atoms with Crippen molar-refractivity contribution in [3.8, 4) is 5.75 Å². The van der Waals surface area contributed by atoms with Gasteiger partial charge >= 0.3 is 0 Å². The van der Waals surface area contributed by atoms with Gasteiger partial charge in [0, 0.05) is 26.3 Å². The number of halogens is 2. The number of ether oxygens (including phenoxy) is 1. The number of aliphatic hydroxyl groups excluding tert-OH is 1. The van der Waals surface area contributed by atoms with Crippen molar-refractivity contribution < 1.29 is 14.6 Å². The molecule has 1 aromatic rings. The molecule has 1 aromatic carbocycles. The van der Waals surface area contributed by atoms with Crippen LogP contribution >= 0.6 is 23.2 Å². The van der Waals surface area contributed by atoms with Crippen molar-refractivity contribution in [1.29, 1.82) is 0 Å². The molecule has 0 unspecified atom stereocenters. The van der Waals surface area contributed by atoms with Crippen LogP contribution in [0, 0.1) is 0 Å². The van der Waals surface area contributed by atoms with Crippen LogP contribution in [-0.2, 0) is 4.79 Å². The highest BCUT2D eigenvalue weighted by molar-refractivity contribution is 6.42. The van der Waals surface area contributed by atoms with Crippen LogP contribution in [-0.4, -0.2) is 42.7 Å². The fourth-order valence-corrected chi connectivity index (χ4v) is 2.06. The number of nitrogens with zero attached hydrogens (tertiary/aromatic N) is 1. The molecule has 0 aliphatic rings. The Hall–Kier alpha value is -0.970. The lowest BCUT2D eigenvalue weighted by Crippen LogP contribution is -2.28. The zero-order chi connectivity index (χ0) is 15.7. The molecule has 118 valence electrons. The topological polar surface area (TPSA) is 49.8 Å². The molecular formula is C15H21Cl2NO3. The second-order valence-electron chi connectivity index (χ2n) is 4.77. The van der Waals surface area contributed by atoms with Crippen molar-refractivity contribution in [2.45, 2.75) is 25.7 Å². The molecule has 1 N–H and O–H groups in total. The summed E-state index contributed by atoms with van der Waals surface area (Å²) >= 11 is 11.7.